The van der Waals surface area contributed by atoms with Crippen LogP contribution in [0, 0.1) is 17.8 Å². The second kappa shape index (κ2) is 6.75. The molecule has 3 unspecified atom stereocenters. The molecule has 1 aliphatic rings. The molecule has 1 aliphatic carbocycles. The lowest BCUT2D eigenvalue weighted by molar-refractivity contribution is -0.0332. The molecule has 0 saturated heterocycles. The van der Waals surface area contributed by atoms with E-state index in [1.807, 2.05) is 0 Å². The third-order valence-corrected chi connectivity index (χ3v) is 4.76. The summed E-state index contributed by atoms with van der Waals surface area (Å²) < 4.78 is 0. The van der Waals surface area contributed by atoms with E-state index in [1.165, 1.54) is 19.3 Å². The molecule has 0 aromatic heterocycles. The molecule has 3 N–H and O–H groups in total. The van der Waals surface area contributed by atoms with Crippen LogP contribution in [0.2, 0.25) is 0 Å². The Morgan fingerprint density at radius 3 is 2.53 bits per heavy atom. The van der Waals surface area contributed by atoms with Gasteiger partial charge in [0.15, 0.2) is 0 Å². The normalized spacial score (nSPS) is 32.5. The van der Waals surface area contributed by atoms with Crippen molar-refractivity contribution in [3.8, 4) is 0 Å². The molecule has 17 heavy (non-hydrogen) atoms. The zero-order valence-electron chi connectivity index (χ0n) is 11.9. The molecule has 2 heteroatoms. The summed E-state index contributed by atoms with van der Waals surface area (Å²) in [4.78, 5) is 0. The molecular weight excluding hydrogens is 210 g/mol. The first kappa shape index (κ1) is 15.0. The molecule has 0 aliphatic heterocycles. The van der Waals surface area contributed by atoms with E-state index in [4.69, 9.17) is 5.73 Å². The Morgan fingerprint density at radius 1 is 1.29 bits per heavy atom. The first-order valence-corrected chi connectivity index (χ1v) is 7.46. The standard InChI is InChI=1S/C15H31NO/c1-4-6-14(11-16)15(17)9-5-7-13(8-10-15)12(2)3/h12-14,17H,4-11,16H2,1-3H3. The number of hydrogen-bond donors (Lipinski definition) is 2. The minimum absolute atomic E-state index is 0.304. The van der Waals surface area contributed by atoms with Crippen LogP contribution < -0.4 is 5.73 Å². The van der Waals surface area contributed by atoms with Gasteiger partial charge in [0.1, 0.15) is 0 Å². The van der Waals surface area contributed by atoms with Crippen LogP contribution in [0.5, 0.6) is 0 Å². The zero-order valence-corrected chi connectivity index (χ0v) is 11.9. The van der Waals surface area contributed by atoms with Crippen LogP contribution in [0.4, 0.5) is 0 Å². The number of rotatable bonds is 5. The summed E-state index contributed by atoms with van der Waals surface area (Å²) in [5.41, 5.74) is 5.38. The first-order chi connectivity index (χ1) is 8.03. The summed E-state index contributed by atoms with van der Waals surface area (Å²) in [6, 6.07) is 0. The smallest absolute Gasteiger partial charge is 0.0688 e. The average molecular weight is 241 g/mol. The molecule has 1 saturated carbocycles. The van der Waals surface area contributed by atoms with Gasteiger partial charge in [-0.2, -0.15) is 0 Å². The minimum atomic E-state index is -0.478. The lowest BCUT2D eigenvalue weighted by Gasteiger charge is -2.35. The van der Waals surface area contributed by atoms with E-state index in [2.05, 4.69) is 20.8 Å². The fourth-order valence-corrected chi connectivity index (χ4v) is 3.40. The highest BCUT2D eigenvalue weighted by Gasteiger charge is 2.37. The number of aliphatic hydroxyl groups is 1. The summed E-state index contributed by atoms with van der Waals surface area (Å²) in [6.07, 6.45) is 7.73. The maximum Gasteiger partial charge on any atom is 0.0688 e. The van der Waals surface area contributed by atoms with Crippen LogP contribution >= 0.6 is 0 Å². The van der Waals surface area contributed by atoms with Gasteiger partial charge in [0.25, 0.3) is 0 Å². The summed E-state index contributed by atoms with van der Waals surface area (Å²) in [5, 5.41) is 10.9. The van der Waals surface area contributed by atoms with Crippen molar-refractivity contribution >= 4 is 0 Å². The fourth-order valence-electron chi connectivity index (χ4n) is 3.40. The Labute approximate surface area is 107 Å². The van der Waals surface area contributed by atoms with Gasteiger partial charge in [-0.3, -0.25) is 0 Å². The molecule has 3 atom stereocenters. The average Bonchev–Trinajstić information content (AvgIpc) is 2.49. The van der Waals surface area contributed by atoms with Gasteiger partial charge in [-0.1, -0.05) is 40.0 Å². The SMILES string of the molecule is CCCC(CN)C1(O)CCCC(C(C)C)CC1. The van der Waals surface area contributed by atoms with Crippen LogP contribution in [-0.4, -0.2) is 17.3 Å². The summed E-state index contributed by atoms with van der Waals surface area (Å²) in [6.45, 7) is 7.43. The molecule has 0 radical (unpaired) electrons. The fraction of sp³-hybridized carbons (Fsp3) is 1.00. The third-order valence-electron chi connectivity index (χ3n) is 4.76. The van der Waals surface area contributed by atoms with Crippen molar-refractivity contribution in [2.24, 2.45) is 23.5 Å². The molecule has 0 heterocycles. The summed E-state index contributed by atoms with van der Waals surface area (Å²) >= 11 is 0. The largest absolute Gasteiger partial charge is 0.390 e. The second-order valence-electron chi connectivity index (χ2n) is 6.26. The Bertz CT molecular complexity index is 217. The monoisotopic (exact) mass is 241 g/mol. The maximum absolute atomic E-state index is 10.9. The Balaban J connectivity index is 2.63. The molecule has 0 bridgehead atoms. The number of hydrogen-bond acceptors (Lipinski definition) is 2. The number of nitrogens with two attached hydrogens (primary N) is 1. The Kier molecular flexibility index (Phi) is 5.94. The third kappa shape index (κ3) is 3.96. The van der Waals surface area contributed by atoms with Crippen LogP contribution in [0.1, 0.15) is 65.7 Å². The highest BCUT2D eigenvalue weighted by atomic mass is 16.3. The van der Waals surface area contributed by atoms with Crippen LogP contribution in [0.3, 0.4) is 0 Å². The van der Waals surface area contributed by atoms with Gasteiger partial charge in [-0.05, 0) is 50.0 Å². The lowest BCUT2D eigenvalue weighted by Crippen LogP contribution is -2.41. The molecule has 102 valence electrons. The van der Waals surface area contributed by atoms with Crippen molar-refractivity contribution in [1.82, 2.24) is 0 Å². The van der Waals surface area contributed by atoms with Crippen molar-refractivity contribution in [2.45, 2.75) is 71.3 Å². The van der Waals surface area contributed by atoms with Crippen LogP contribution in [-0.2, 0) is 0 Å². The molecule has 0 aromatic carbocycles. The van der Waals surface area contributed by atoms with Crippen LogP contribution in [0.15, 0.2) is 0 Å². The van der Waals surface area contributed by atoms with Gasteiger partial charge in [0.05, 0.1) is 5.60 Å². The molecule has 1 rings (SSSR count). The van der Waals surface area contributed by atoms with E-state index in [1.54, 1.807) is 0 Å². The quantitative estimate of drug-likeness (QED) is 0.725. The first-order valence-electron chi connectivity index (χ1n) is 7.46. The molecule has 0 amide bonds. The van der Waals surface area contributed by atoms with Gasteiger partial charge < -0.3 is 10.8 Å². The van der Waals surface area contributed by atoms with Crippen molar-refractivity contribution in [2.75, 3.05) is 6.54 Å². The van der Waals surface area contributed by atoms with Crippen molar-refractivity contribution < 1.29 is 5.11 Å². The van der Waals surface area contributed by atoms with E-state index >= 15 is 0 Å². The maximum atomic E-state index is 10.9. The topological polar surface area (TPSA) is 46.2 Å². The summed E-state index contributed by atoms with van der Waals surface area (Å²) in [5.74, 6) is 1.85. The van der Waals surface area contributed by atoms with E-state index in [0.29, 0.717) is 12.5 Å². The second-order valence-corrected chi connectivity index (χ2v) is 6.26. The predicted molar refractivity (Wildman–Crippen MR) is 73.8 cm³/mol. The predicted octanol–water partition coefficient (Wildman–Crippen LogP) is 3.33. The Morgan fingerprint density at radius 2 is 2.00 bits per heavy atom. The Hall–Kier alpha value is -0.0800. The van der Waals surface area contributed by atoms with Gasteiger partial charge in [0, 0.05) is 0 Å². The summed E-state index contributed by atoms with van der Waals surface area (Å²) in [7, 11) is 0. The highest BCUT2D eigenvalue weighted by Crippen LogP contribution is 2.39. The van der Waals surface area contributed by atoms with E-state index < -0.39 is 5.60 Å². The zero-order chi connectivity index (χ0) is 12.9. The highest BCUT2D eigenvalue weighted by molar-refractivity contribution is 4.90. The molecule has 0 spiro atoms. The molecule has 1 fully saturated rings. The van der Waals surface area contributed by atoms with Gasteiger partial charge >= 0.3 is 0 Å². The van der Waals surface area contributed by atoms with Crippen LogP contribution in [0.25, 0.3) is 0 Å². The van der Waals surface area contributed by atoms with E-state index in [9.17, 15) is 5.11 Å². The molecular formula is C15H31NO. The van der Waals surface area contributed by atoms with Crippen molar-refractivity contribution in [1.29, 1.82) is 0 Å². The van der Waals surface area contributed by atoms with Crippen molar-refractivity contribution in [3.63, 3.8) is 0 Å². The van der Waals surface area contributed by atoms with Gasteiger partial charge in [0.2, 0.25) is 0 Å². The molecule has 0 aromatic rings. The lowest BCUT2D eigenvalue weighted by atomic mass is 9.78. The van der Waals surface area contributed by atoms with Gasteiger partial charge in [-0.15, -0.1) is 0 Å². The van der Waals surface area contributed by atoms with Gasteiger partial charge in [-0.25, -0.2) is 0 Å². The van der Waals surface area contributed by atoms with E-state index in [0.717, 1.165) is 37.5 Å². The van der Waals surface area contributed by atoms with Crippen molar-refractivity contribution in [3.05, 3.63) is 0 Å². The minimum Gasteiger partial charge on any atom is -0.390 e. The molecule has 2 nitrogen and oxygen atoms in total. The van der Waals surface area contributed by atoms with E-state index in [-0.39, 0.29) is 0 Å².